The molecule has 1 aromatic heterocycles. The molecule has 0 saturated heterocycles. The van der Waals surface area contributed by atoms with E-state index in [9.17, 15) is 9.59 Å². The Labute approximate surface area is 127 Å². The minimum absolute atomic E-state index is 0.178. The van der Waals surface area contributed by atoms with Gasteiger partial charge in [0.05, 0.1) is 11.3 Å². The number of nitrogens with zero attached hydrogens (tertiary/aromatic N) is 1. The van der Waals surface area contributed by atoms with Gasteiger partial charge in [0.15, 0.2) is 0 Å². The highest BCUT2D eigenvalue weighted by atomic mass is 16.2. The molecule has 0 aliphatic rings. The van der Waals surface area contributed by atoms with Crippen molar-refractivity contribution in [3.63, 3.8) is 0 Å². The number of nitrogens with one attached hydrogen (secondary N) is 1. The molecule has 0 aliphatic heterocycles. The second kappa shape index (κ2) is 6.10. The number of carbonyl (C=O) groups excluding carboxylic acids is 1. The zero-order chi connectivity index (χ0) is 15.4. The molecule has 1 N–H and O–H groups in total. The Balaban J connectivity index is 2.00. The molecule has 0 spiro atoms. The van der Waals surface area contributed by atoms with E-state index >= 15 is 0 Å². The van der Waals surface area contributed by atoms with Crippen LogP contribution in [0.2, 0.25) is 0 Å². The standard InChI is InChI=1S/C18H14N2O2/c21-17-12-6-7-13-20(17)16-11-5-4-10-15(16)18(22)19-14-8-2-1-3-9-14/h1-13H,(H,19,22). The van der Waals surface area contributed by atoms with Crippen molar-refractivity contribution in [3.05, 3.63) is 94.9 Å². The van der Waals surface area contributed by atoms with Crippen LogP contribution >= 0.6 is 0 Å². The van der Waals surface area contributed by atoms with Crippen LogP contribution in [0.15, 0.2) is 83.8 Å². The van der Waals surface area contributed by atoms with Crippen molar-refractivity contribution < 1.29 is 4.79 Å². The third-order valence-electron chi connectivity index (χ3n) is 3.26. The summed E-state index contributed by atoms with van der Waals surface area (Å²) in [4.78, 5) is 24.5. The molecule has 0 atom stereocenters. The van der Waals surface area contributed by atoms with Gasteiger partial charge in [0, 0.05) is 18.0 Å². The van der Waals surface area contributed by atoms with Gasteiger partial charge in [0.1, 0.15) is 0 Å². The fraction of sp³-hybridized carbons (Fsp3) is 0. The first-order valence-electron chi connectivity index (χ1n) is 6.89. The summed E-state index contributed by atoms with van der Waals surface area (Å²) in [7, 11) is 0. The second-order valence-corrected chi connectivity index (χ2v) is 4.75. The number of rotatable bonds is 3. The molecule has 2 aromatic carbocycles. The lowest BCUT2D eigenvalue weighted by Crippen LogP contribution is -2.21. The molecule has 3 rings (SSSR count). The Morgan fingerprint density at radius 2 is 1.50 bits per heavy atom. The van der Waals surface area contributed by atoms with E-state index < -0.39 is 0 Å². The third-order valence-corrected chi connectivity index (χ3v) is 3.26. The van der Waals surface area contributed by atoms with Gasteiger partial charge in [-0.05, 0) is 30.3 Å². The van der Waals surface area contributed by atoms with E-state index in [0.29, 0.717) is 16.9 Å². The van der Waals surface area contributed by atoms with Crippen LogP contribution in [-0.4, -0.2) is 10.5 Å². The molecule has 4 heteroatoms. The van der Waals surface area contributed by atoms with E-state index in [0.717, 1.165) is 0 Å². The average Bonchev–Trinajstić information content (AvgIpc) is 2.56. The fourth-order valence-electron chi connectivity index (χ4n) is 2.22. The van der Waals surface area contributed by atoms with Gasteiger partial charge in [0.2, 0.25) is 0 Å². The average molecular weight is 290 g/mol. The van der Waals surface area contributed by atoms with Crippen molar-refractivity contribution in [1.29, 1.82) is 0 Å². The first kappa shape index (κ1) is 13.8. The number of anilines is 1. The minimum atomic E-state index is -0.252. The number of hydrogen-bond acceptors (Lipinski definition) is 2. The van der Waals surface area contributed by atoms with Gasteiger partial charge >= 0.3 is 0 Å². The van der Waals surface area contributed by atoms with Gasteiger partial charge in [0.25, 0.3) is 11.5 Å². The third kappa shape index (κ3) is 2.81. The summed E-state index contributed by atoms with van der Waals surface area (Å²) in [5.74, 6) is -0.252. The maximum atomic E-state index is 12.5. The first-order valence-corrected chi connectivity index (χ1v) is 6.89. The smallest absolute Gasteiger partial charge is 0.257 e. The van der Waals surface area contributed by atoms with Crippen molar-refractivity contribution in [2.24, 2.45) is 0 Å². The van der Waals surface area contributed by atoms with Crippen LogP contribution in [0.1, 0.15) is 10.4 Å². The molecule has 0 fully saturated rings. The lowest BCUT2D eigenvalue weighted by Gasteiger charge is -2.11. The lowest BCUT2D eigenvalue weighted by molar-refractivity contribution is 0.102. The summed E-state index contributed by atoms with van der Waals surface area (Å²) >= 11 is 0. The number of pyridine rings is 1. The molecule has 22 heavy (non-hydrogen) atoms. The summed E-state index contributed by atoms with van der Waals surface area (Å²) in [5.41, 5.74) is 1.53. The van der Waals surface area contributed by atoms with Gasteiger partial charge in [-0.15, -0.1) is 0 Å². The summed E-state index contributed by atoms with van der Waals surface area (Å²) in [5, 5.41) is 2.83. The van der Waals surface area contributed by atoms with Crippen LogP contribution in [0.4, 0.5) is 5.69 Å². The lowest BCUT2D eigenvalue weighted by atomic mass is 10.1. The highest BCUT2D eigenvalue weighted by molar-refractivity contribution is 6.06. The zero-order valence-corrected chi connectivity index (χ0v) is 11.8. The molecule has 0 radical (unpaired) electrons. The Kier molecular flexibility index (Phi) is 3.83. The normalized spacial score (nSPS) is 10.2. The molecule has 4 nitrogen and oxygen atoms in total. The molecule has 1 amide bonds. The summed E-state index contributed by atoms with van der Waals surface area (Å²) in [6.07, 6.45) is 1.65. The summed E-state index contributed by atoms with van der Waals surface area (Å²) in [6, 6.07) is 21.1. The molecular formula is C18H14N2O2. The SMILES string of the molecule is O=C(Nc1ccccc1)c1ccccc1-n1ccccc1=O. The van der Waals surface area contributed by atoms with Crippen molar-refractivity contribution in [3.8, 4) is 5.69 Å². The van der Waals surface area contributed by atoms with Crippen LogP contribution in [0.3, 0.4) is 0 Å². The largest absolute Gasteiger partial charge is 0.322 e. The van der Waals surface area contributed by atoms with Crippen LogP contribution in [0.25, 0.3) is 5.69 Å². The van der Waals surface area contributed by atoms with Crippen molar-refractivity contribution in [1.82, 2.24) is 4.57 Å². The molecule has 0 aliphatic carbocycles. The van der Waals surface area contributed by atoms with Crippen molar-refractivity contribution >= 4 is 11.6 Å². The van der Waals surface area contributed by atoms with E-state index in [-0.39, 0.29) is 11.5 Å². The maximum absolute atomic E-state index is 12.5. The molecule has 3 aromatic rings. The number of benzene rings is 2. The highest BCUT2D eigenvalue weighted by Gasteiger charge is 2.12. The maximum Gasteiger partial charge on any atom is 0.257 e. The van der Waals surface area contributed by atoms with Gasteiger partial charge in [-0.2, -0.15) is 0 Å². The van der Waals surface area contributed by atoms with E-state index in [2.05, 4.69) is 5.32 Å². The predicted octanol–water partition coefficient (Wildman–Crippen LogP) is 3.09. The van der Waals surface area contributed by atoms with E-state index in [4.69, 9.17) is 0 Å². The molecule has 0 saturated carbocycles. The highest BCUT2D eigenvalue weighted by Crippen LogP contribution is 2.15. The van der Waals surface area contributed by atoms with Gasteiger partial charge in [-0.3, -0.25) is 14.2 Å². The number of aromatic nitrogens is 1. The number of amides is 1. The number of carbonyl (C=O) groups is 1. The molecule has 1 heterocycles. The topological polar surface area (TPSA) is 51.1 Å². The second-order valence-electron chi connectivity index (χ2n) is 4.75. The van der Waals surface area contributed by atoms with Crippen molar-refractivity contribution in [2.45, 2.75) is 0 Å². The predicted molar refractivity (Wildman–Crippen MR) is 86.4 cm³/mol. The van der Waals surface area contributed by atoms with Crippen LogP contribution in [-0.2, 0) is 0 Å². The van der Waals surface area contributed by atoms with Crippen LogP contribution in [0, 0.1) is 0 Å². The van der Waals surface area contributed by atoms with E-state index in [1.165, 1.54) is 10.6 Å². The van der Waals surface area contributed by atoms with Gasteiger partial charge < -0.3 is 5.32 Å². The van der Waals surface area contributed by atoms with Crippen LogP contribution < -0.4 is 10.9 Å². The minimum Gasteiger partial charge on any atom is -0.322 e. The van der Waals surface area contributed by atoms with Gasteiger partial charge in [-0.1, -0.05) is 36.4 Å². The Morgan fingerprint density at radius 1 is 0.818 bits per heavy atom. The zero-order valence-electron chi connectivity index (χ0n) is 11.8. The van der Waals surface area contributed by atoms with Crippen molar-refractivity contribution in [2.75, 3.05) is 5.32 Å². The van der Waals surface area contributed by atoms with Gasteiger partial charge in [-0.25, -0.2) is 0 Å². The number of hydrogen-bond donors (Lipinski definition) is 1. The first-order chi connectivity index (χ1) is 10.8. The Hall–Kier alpha value is -3.14. The Bertz CT molecular complexity index is 854. The summed E-state index contributed by atoms with van der Waals surface area (Å²) in [6.45, 7) is 0. The van der Waals surface area contributed by atoms with Crippen LogP contribution in [0.5, 0.6) is 0 Å². The quantitative estimate of drug-likeness (QED) is 0.806. The number of para-hydroxylation sites is 2. The van der Waals surface area contributed by atoms with E-state index in [1.54, 1.807) is 42.6 Å². The Morgan fingerprint density at radius 3 is 2.27 bits per heavy atom. The molecule has 108 valence electrons. The summed E-state index contributed by atoms with van der Waals surface area (Å²) < 4.78 is 1.46. The van der Waals surface area contributed by atoms with E-state index in [1.807, 2.05) is 30.3 Å². The molecule has 0 unspecified atom stereocenters. The molecular weight excluding hydrogens is 276 g/mol. The fourth-order valence-corrected chi connectivity index (χ4v) is 2.22. The molecule has 0 bridgehead atoms. The monoisotopic (exact) mass is 290 g/mol.